The number of hydrogen-bond donors (Lipinski definition) is 0. The molecule has 4 heteroatoms. The van der Waals surface area contributed by atoms with Crippen molar-refractivity contribution < 1.29 is 4.79 Å². The first-order chi connectivity index (χ1) is 11.0. The molecule has 1 aliphatic rings. The van der Waals surface area contributed by atoms with Gasteiger partial charge in [0.1, 0.15) is 4.32 Å². The van der Waals surface area contributed by atoms with Crippen molar-refractivity contribution in [3.63, 3.8) is 0 Å². The number of thioether (sulfide) groups is 1. The van der Waals surface area contributed by atoms with E-state index in [0.717, 1.165) is 23.4 Å². The monoisotopic (exact) mass is 347 g/mol. The summed E-state index contributed by atoms with van der Waals surface area (Å²) in [4.78, 5) is 15.2. The quantitative estimate of drug-likeness (QED) is 0.486. The maximum absolute atomic E-state index is 12.7. The van der Waals surface area contributed by atoms with Crippen LogP contribution >= 0.6 is 24.0 Å². The Labute approximate surface area is 149 Å². The van der Waals surface area contributed by atoms with E-state index >= 15 is 0 Å². The van der Waals surface area contributed by atoms with E-state index in [1.165, 1.54) is 36.6 Å². The Morgan fingerprint density at radius 1 is 1.26 bits per heavy atom. The summed E-state index contributed by atoms with van der Waals surface area (Å²) in [6.07, 6.45) is 6.62. The van der Waals surface area contributed by atoms with Crippen LogP contribution in [0.15, 0.2) is 29.2 Å². The van der Waals surface area contributed by atoms with E-state index in [1.54, 1.807) is 4.90 Å². The molecule has 0 N–H and O–H groups in total. The van der Waals surface area contributed by atoms with Gasteiger partial charge in [-0.15, -0.1) is 0 Å². The molecule has 0 saturated carbocycles. The van der Waals surface area contributed by atoms with Crippen LogP contribution in [0.25, 0.3) is 6.08 Å². The van der Waals surface area contributed by atoms with Crippen LogP contribution in [0.2, 0.25) is 0 Å². The summed E-state index contributed by atoms with van der Waals surface area (Å²) in [6, 6.07) is 8.20. The van der Waals surface area contributed by atoms with E-state index in [1.807, 2.05) is 18.2 Å². The molecule has 1 aliphatic heterocycles. The van der Waals surface area contributed by atoms with Gasteiger partial charge in [-0.3, -0.25) is 9.69 Å². The first kappa shape index (κ1) is 18.2. The zero-order valence-electron chi connectivity index (χ0n) is 14.2. The topological polar surface area (TPSA) is 20.3 Å². The Morgan fingerprint density at radius 3 is 2.57 bits per heavy atom. The van der Waals surface area contributed by atoms with Crippen LogP contribution in [0.4, 0.5) is 0 Å². The van der Waals surface area contributed by atoms with Crippen molar-refractivity contribution in [3.8, 4) is 0 Å². The molecular weight excluding hydrogens is 322 g/mol. The standard InChI is InChI=1S/C19H25NOS2/c1-4-6-7-15(5-2)13-20-18(21)17(23-19(20)22)12-16-10-8-14(3)9-11-16/h8-12,15H,4-7,13H2,1-3H3/b17-12-. The van der Waals surface area contributed by atoms with Crippen LogP contribution in [-0.4, -0.2) is 21.7 Å². The van der Waals surface area contributed by atoms with Crippen LogP contribution in [0, 0.1) is 12.8 Å². The van der Waals surface area contributed by atoms with E-state index in [9.17, 15) is 4.79 Å². The molecule has 124 valence electrons. The van der Waals surface area contributed by atoms with Crippen molar-refractivity contribution in [1.29, 1.82) is 0 Å². The van der Waals surface area contributed by atoms with Crippen molar-refractivity contribution in [2.24, 2.45) is 5.92 Å². The molecule has 1 heterocycles. The molecule has 1 unspecified atom stereocenters. The van der Waals surface area contributed by atoms with Gasteiger partial charge in [0.2, 0.25) is 0 Å². The van der Waals surface area contributed by atoms with Crippen LogP contribution in [-0.2, 0) is 4.79 Å². The van der Waals surface area contributed by atoms with Gasteiger partial charge in [0.05, 0.1) is 4.91 Å². The van der Waals surface area contributed by atoms with Crippen LogP contribution in [0.1, 0.15) is 50.7 Å². The first-order valence-corrected chi connectivity index (χ1v) is 9.59. The number of nitrogens with zero attached hydrogens (tertiary/aromatic N) is 1. The maximum atomic E-state index is 12.7. The number of thiocarbonyl (C=S) groups is 1. The fourth-order valence-corrected chi connectivity index (χ4v) is 3.92. The van der Waals surface area contributed by atoms with Gasteiger partial charge in [0, 0.05) is 6.54 Å². The molecule has 1 atom stereocenters. The average Bonchev–Trinajstić information content (AvgIpc) is 2.80. The molecule has 1 aromatic carbocycles. The number of carbonyl (C=O) groups is 1. The van der Waals surface area contributed by atoms with Gasteiger partial charge in [-0.1, -0.05) is 86.9 Å². The highest BCUT2D eigenvalue weighted by atomic mass is 32.2. The van der Waals surface area contributed by atoms with Crippen molar-refractivity contribution >= 4 is 40.3 Å². The lowest BCUT2D eigenvalue weighted by atomic mass is 9.99. The number of carbonyl (C=O) groups excluding carboxylic acids is 1. The van der Waals surface area contributed by atoms with E-state index in [2.05, 4.69) is 32.9 Å². The highest BCUT2D eigenvalue weighted by Gasteiger charge is 2.33. The van der Waals surface area contributed by atoms with Crippen molar-refractivity contribution in [2.45, 2.75) is 46.5 Å². The maximum Gasteiger partial charge on any atom is 0.266 e. The van der Waals surface area contributed by atoms with E-state index in [0.29, 0.717) is 10.2 Å². The summed E-state index contributed by atoms with van der Waals surface area (Å²) in [6.45, 7) is 7.22. The minimum Gasteiger partial charge on any atom is -0.293 e. The summed E-state index contributed by atoms with van der Waals surface area (Å²) in [7, 11) is 0. The van der Waals surface area contributed by atoms with E-state index < -0.39 is 0 Å². The Morgan fingerprint density at radius 2 is 1.96 bits per heavy atom. The molecule has 1 amide bonds. The van der Waals surface area contributed by atoms with Gasteiger partial charge >= 0.3 is 0 Å². The molecule has 1 aromatic rings. The minimum absolute atomic E-state index is 0.0653. The van der Waals surface area contributed by atoms with Crippen molar-refractivity contribution in [2.75, 3.05) is 6.54 Å². The summed E-state index contributed by atoms with van der Waals surface area (Å²) in [5, 5.41) is 0. The average molecular weight is 348 g/mol. The molecular formula is C19H25NOS2. The molecule has 1 saturated heterocycles. The number of amides is 1. The number of rotatable bonds is 7. The van der Waals surface area contributed by atoms with Gasteiger partial charge in [-0.25, -0.2) is 0 Å². The fraction of sp³-hybridized carbons (Fsp3) is 0.474. The highest BCUT2D eigenvalue weighted by Crippen LogP contribution is 2.33. The Hall–Kier alpha value is -1.13. The summed E-state index contributed by atoms with van der Waals surface area (Å²) >= 11 is 6.86. The Balaban J connectivity index is 2.08. The smallest absolute Gasteiger partial charge is 0.266 e. The zero-order valence-corrected chi connectivity index (χ0v) is 15.8. The number of hydrogen-bond acceptors (Lipinski definition) is 3. The third-order valence-corrected chi connectivity index (χ3v) is 5.61. The fourth-order valence-electron chi connectivity index (χ4n) is 2.65. The molecule has 2 rings (SSSR count). The largest absolute Gasteiger partial charge is 0.293 e. The first-order valence-electron chi connectivity index (χ1n) is 8.37. The van der Waals surface area contributed by atoms with Gasteiger partial charge in [-0.2, -0.15) is 0 Å². The predicted octanol–water partition coefficient (Wildman–Crippen LogP) is 5.41. The summed E-state index contributed by atoms with van der Waals surface area (Å²) in [5.74, 6) is 0.603. The third kappa shape index (κ3) is 4.92. The molecule has 0 aliphatic carbocycles. The number of unbranched alkanes of at least 4 members (excludes halogenated alkanes) is 1. The lowest BCUT2D eigenvalue weighted by Gasteiger charge is -2.21. The summed E-state index contributed by atoms with van der Waals surface area (Å²) in [5.41, 5.74) is 2.27. The number of aryl methyl sites for hydroxylation is 1. The lowest BCUT2D eigenvalue weighted by molar-refractivity contribution is -0.122. The molecule has 0 aromatic heterocycles. The van der Waals surface area contributed by atoms with Crippen LogP contribution < -0.4 is 0 Å². The summed E-state index contributed by atoms with van der Waals surface area (Å²) < 4.78 is 0.698. The van der Waals surface area contributed by atoms with Crippen LogP contribution in [0.3, 0.4) is 0 Å². The second-order valence-electron chi connectivity index (χ2n) is 6.12. The molecule has 0 radical (unpaired) electrons. The second-order valence-corrected chi connectivity index (χ2v) is 7.80. The van der Waals surface area contributed by atoms with E-state index in [-0.39, 0.29) is 5.91 Å². The van der Waals surface area contributed by atoms with Crippen molar-refractivity contribution in [3.05, 3.63) is 40.3 Å². The number of benzene rings is 1. The Kier molecular flexibility index (Phi) is 6.85. The predicted molar refractivity (Wildman–Crippen MR) is 104 cm³/mol. The van der Waals surface area contributed by atoms with E-state index in [4.69, 9.17) is 12.2 Å². The molecule has 23 heavy (non-hydrogen) atoms. The van der Waals surface area contributed by atoms with Gasteiger partial charge in [0.15, 0.2) is 0 Å². The zero-order chi connectivity index (χ0) is 16.8. The normalized spacial score (nSPS) is 18.0. The van der Waals surface area contributed by atoms with Gasteiger partial charge in [-0.05, 0) is 30.9 Å². The highest BCUT2D eigenvalue weighted by molar-refractivity contribution is 8.26. The van der Waals surface area contributed by atoms with Crippen LogP contribution in [0.5, 0.6) is 0 Å². The Bertz CT molecular complexity index is 592. The minimum atomic E-state index is 0.0653. The lowest BCUT2D eigenvalue weighted by Crippen LogP contribution is -2.33. The molecule has 0 bridgehead atoms. The van der Waals surface area contributed by atoms with Crippen molar-refractivity contribution in [1.82, 2.24) is 4.90 Å². The molecule has 1 fully saturated rings. The van der Waals surface area contributed by atoms with Gasteiger partial charge < -0.3 is 0 Å². The van der Waals surface area contributed by atoms with Gasteiger partial charge in [0.25, 0.3) is 5.91 Å². The SMILES string of the molecule is CCCCC(CC)CN1C(=O)/C(=C/c2ccc(C)cc2)SC1=S. The molecule has 0 spiro atoms. The third-order valence-electron chi connectivity index (χ3n) is 4.23. The second kappa shape index (κ2) is 8.65. The molecule has 2 nitrogen and oxygen atoms in total.